The Morgan fingerprint density at radius 1 is 1.23 bits per heavy atom. The van der Waals surface area contributed by atoms with E-state index in [9.17, 15) is 9.18 Å². The highest BCUT2D eigenvalue weighted by Crippen LogP contribution is 2.37. The third-order valence-corrected chi connectivity index (χ3v) is 5.41. The number of aryl methyl sites for hydroxylation is 2. The van der Waals surface area contributed by atoms with Crippen LogP contribution in [0.3, 0.4) is 0 Å². The van der Waals surface area contributed by atoms with E-state index in [1.54, 1.807) is 37.0 Å². The highest BCUT2D eigenvalue weighted by molar-refractivity contribution is 5.69. The van der Waals surface area contributed by atoms with Crippen molar-refractivity contribution < 1.29 is 13.7 Å². The Bertz CT molecular complexity index is 1280. The Balaban J connectivity index is 1.35. The summed E-state index contributed by atoms with van der Waals surface area (Å²) in [5, 5.41) is 4.09. The molecule has 0 radical (unpaired) electrons. The fourth-order valence-corrected chi connectivity index (χ4v) is 3.77. The molecule has 1 aliphatic heterocycles. The summed E-state index contributed by atoms with van der Waals surface area (Å²) in [7, 11) is 1.75. The van der Waals surface area contributed by atoms with Crippen molar-refractivity contribution in [3.63, 3.8) is 0 Å². The van der Waals surface area contributed by atoms with Crippen LogP contribution in [0.25, 0.3) is 11.2 Å². The van der Waals surface area contributed by atoms with Gasteiger partial charge in [-0.3, -0.25) is 9.36 Å². The molecule has 10 heteroatoms. The normalized spacial score (nSPS) is 19.0. The van der Waals surface area contributed by atoms with Gasteiger partial charge < -0.3 is 13.8 Å². The molecule has 1 aromatic carbocycles. The van der Waals surface area contributed by atoms with Crippen molar-refractivity contribution in [2.24, 2.45) is 7.05 Å². The molecule has 154 valence electrons. The third kappa shape index (κ3) is 3.18. The number of halogens is 1. The average Bonchev–Trinajstić information content (AvgIpc) is 3.46. The monoisotopic (exact) mass is 410 g/mol. The van der Waals surface area contributed by atoms with Crippen LogP contribution in [0.5, 0.6) is 0 Å². The van der Waals surface area contributed by atoms with Gasteiger partial charge in [-0.05, 0) is 31.0 Å². The zero-order chi connectivity index (χ0) is 20.8. The summed E-state index contributed by atoms with van der Waals surface area (Å²) in [6.07, 6.45) is 2.09. The van der Waals surface area contributed by atoms with Gasteiger partial charge in [0.25, 0.3) is 5.56 Å². The summed E-state index contributed by atoms with van der Waals surface area (Å²) in [4.78, 5) is 25.8. The molecule has 9 nitrogen and oxygen atoms in total. The van der Waals surface area contributed by atoms with Gasteiger partial charge in [-0.25, -0.2) is 14.4 Å². The predicted molar refractivity (Wildman–Crippen MR) is 103 cm³/mol. The van der Waals surface area contributed by atoms with Crippen molar-refractivity contribution in [3.8, 4) is 0 Å². The van der Waals surface area contributed by atoms with E-state index in [1.807, 2.05) is 0 Å². The Kier molecular flexibility index (Phi) is 4.43. The third-order valence-electron chi connectivity index (χ3n) is 5.41. The lowest BCUT2D eigenvalue weighted by Gasteiger charge is -2.08. The van der Waals surface area contributed by atoms with Gasteiger partial charge in [0.05, 0.1) is 19.0 Å². The molecule has 0 aliphatic carbocycles. The van der Waals surface area contributed by atoms with E-state index in [0.29, 0.717) is 41.7 Å². The van der Waals surface area contributed by atoms with Crippen molar-refractivity contribution in [2.75, 3.05) is 6.61 Å². The van der Waals surface area contributed by atoms with E-state index >= 15 is 0 Å². The number of aromatic nitrogens is 6. The van der Waals surface area contributed by atoms with Crippen LogP contribution in [0.15, 0.2) is 39.9 Å². The summed E-state index contributed by atoms with van der Waals surface area (Å²) >= 11 is 0. The molecule has 1 aliphatic rings. The van der Waals surface area contributed by atoms with Crippen LogP contribution in [0.2, 0.25) is 0 Å². The maximum atomic E-state index is 13.1. The van der Waals surface area contributed by atoms with Gasteiger partial charge in [-0.1, -0.05) is 17.3 Å². The minimum atomic E-state index is -0.277. The number of fused-ring (bicyclic) bond motifs is 1. The van der Waals surface area contributed by atoms with Crippen LogP contribution in [0.1, 0.15) is 41.5 Å². The molecule has 1 saturated heterocycles. The van der Waals surface area contributed by atoms with Crippen LogP contribution < -0.4 is 5.56 Å². The number of nitrogens with zero attached hydrogens (tertiary/aromatic N) is 6. The molecular formula is C20H19FN6O3. The molecule has 0 N–H and O–H groups in total. The molecule has 0 unspecified atom stereocenters. The van der Waals surface area contributed by atoms with Crippen molar-refractivity contribution in [1.29, 1.82) is 0 Å². The lowest BCUT2D eigenvalue weighted by molar-refractivity contribution is 0.110. The maximum Gasteiger partial charge on any atom is 0.280 e. The number of ether oxygens (including phenoxy) is 1. The van der Waals surface area contributed by atoms with Gasteiger partial charge in [0.2, 0.25) is 5.89 Å². The summed E-state index contributed by atoms with van der Waals surface area (Å²) in [6, 6.07) is 6.29. The van der Waals surface area contributed by atoms with Crippen molar-refractivity contribution in [3.05, 3.63) is 69.9 Å². The average molecular weight is 410 g/mol. The first-order chi connectivity index (χ1) is 14.5. The molecular weight excluding hydrogens is 391 g/mol. The van der Waals surface area contributed by atoms with Crippen molar-refractivity contribution >= 4 is 11.2 Å². The Hall–Kier alpha value is -3.40. The topological polar surface area (TPSA) is 101 Å². The lowest BCUT2D eigenvalue weighted by atomic mass is 10.00. The largest absolute Gasteiger partial charge is 0.373 e. The first-order valence-electron chi connectivity index (χ1n) is 9.57. The zero-order valence-electron chi connectivity index (χ0n) is 16.4. The number of hydrogen-bond acceptors (Lipinski definition) is 7. The van der Waals surface area contributed by atoms with E-state index in [1.165, 1.54) is 16.7 Å². The minimum absolute atomic E-state index is 0.0342. The second-order valence-electron chi connectivity index (χ2n) is 7.43. The Labute approximate surface area is 170 Å². The molecule has 3 aromatic heterocycles. The van der Waals surface area contributed by atoms with Crippen LogP contribution in [0.4, 0.5) is 4.39 Å². The highest BCUT2D eigenvalue weighted by Gasteiger charge is 2.31. The summed E-state index contributed by atoms with van der Waals surface area (Å²) in [5.41, 5.74) is 1.54. The van der Waals surface area contributed by atoms with Crippen LogP contribution in [-0.4, -0.2) is 35.8 Å². The molecule has 5 rings (SSSR count). The fourth-order valence-electron chi connectivity index (χ4n) is 3.77. The van der Waals surface area contributed by atoms with Crippen LogP contribution in [-0.2, 0) is 18.3 Å². The van der Waals surface area contributed by atoms with Gasteiger partial charge in [0.1, 0.15) is 18.2 Å². The molecule has 0 bridgehead atoms. The van der Waals surface area contributed by atoms with Gasteiger partial charge >= 0.3 is 0 Å². The molecule has 30 heavy (non-hydrogen) atoms. The van der Waals surface area contributed by atoms with Gasteiger partial charge in [0.15, 0.2) is 17.0 Å². The number of hydrogen-bond donors (Lipinski definition) is 0. The van der Waals surface area contributed by atoms with Gasteiger partial charge in [-0.2, -0.15) is 4.98 Å². The molecule has 0 spiro atoms. The number of benzene rings is 1. The highest BCUT2D eigenvalue weighted by atomic mass is 19.1. The van der Waals surface area contributed by atoms with Crippen LogP contribution >= 0.6 is 0 Å². The molecule has 0 saturated carbocycles. The molecule has 1 fully saturated rings. The zero-order valence-corrected chi connectivity index (χ0v) is 16.4. The first-order valence-corrected chi connectivity index (χ1v) is 9.57. The number of rotatable bonds is 4. The SMILES string of the molecule is Cc1nc2ncn(C)c2c(=O)n1Cc1nc([C@@H]2CO[C@@H](c3ccc(F)cc3)C2)no1. The van der Waals surface area contributed by atoms with Crippen molar-refractivity contribution in [1.82, 2.24) is 29.2 Å². The fraction of sp³-hybridized carbons (Fsp3) is 0.350. The number of imidazole rings is 1. The Morgan fingerprint density at radius 2 is 2.03 bits per heavy atom. The molecule has 4 aromatic rings. The van der Waals surface area contributed by atoms with E-state index in [4.69, 9.17) is 9.26 Å². The van der Waals surface area contributed by atoms with E-state index in [2.05, 4.69) is 20.1 Å². The lowest BCUT2D eigenvalue weighted by Crippen LogP contribution is -2.25. The summed E-state index contributed by atoms with van der Waals surface area (Å²) < 4.78 is 27.5. The molecule has 2 atom stereocenters. The quantitative estimate of drug-likeness (QED) is 0.509. The summed E-state index contributed by atoms with van der Waals surface area (Å²) in [6.45, 7) is 2.31. The second-order valence-corrected chi connectivity index (χ2v) is 7.43. The second kappa shape index (κ2) is 7.13. The predicted octanol–water partition coefficient (Wildman–Crippen LogP) is 2.25. The van der Waals surface area contributed by atoms with Crippen LogP contribution in [0, 0.1) is 12.7 Å². The Morgan fingerprint density at radius 3 is 2.83 bits per heavy atom. The standard InChI is InChI=1S/C20H19FN6O3/c1-11-23-19-17(26(2)10-22-19)20(28)27(11)8-16-24-18(25-30-16)13-7-15(29-9-13)12-3-5-14(21)6-4-12/h3-6,10,13,15H,7-9H2,1-2H3/t13-,15+/m0/s1. The minimum Gasteiger partial charge on any atom is -0.373 e. The van der Waals surface area contributed by atoms with E-state index in [-0.39, 0.29) is 29.9 Å². The van der Waals surface area contributed by atoms with Crippen molar-refractivity contribution in [2.45, 2.75) is 31.9 Å². The molecule has 0 amide bonds. The summed E-state index contributed by atoms with van der Waals surface area (Å²) in [5.74, 6) is 1.07. The smallest absolute Gasteiger partial charge is 0.280 e. The van der Waals surface area contributed by atoms with Gasteiger partial charge in [0, 0.05) is 13.0 Å². The maximum absolute atomic E-state index is 13.1. The van der Waals surface area contributed by atoms with E-state index in [0.717, 1.165) is 5.56 Å². The van der Waals surface area contributed by atoms with E-state index < -0.39 is 0 Å². The van der Waals surface area contributed by atoms with Gasteiger partial charge in [-0.15, -0.1) is 0 Å². The molecule has 4 heterocycles. The first kappa shape index (κ1) is 18.6.